The van der Waals surface area contributed by atoms with Gasteiger partial charge in [-0.25, -0.2) is 17.1 Å². The smallest absolute Gasteiger partial charge is 0.248 e. The zero-order valence-corrected chi connectivity index (χ0v) is 17.2. The fraction of sp³-hybridized carbons (Fsp3) is 0.389. The summed E-state index contributed by atoms with van der Waals surface area (Å²) in [7, 11) is -2.10. The van der Waals surface area contributed by atoms with Crippen molar-refractivity contribution in [3.8, 4) is 11.4 Å². The van der Waals surface area contributed by atoms with Crippen molar-refractivity contribution in [1.82, 2.24) is 24.2 Å². The van der Waals surface area contributed by atoms with E-state index in [1.54, 1.807) is 39.8 Å². The second-order valence-electron chi connectivity index (χ2n) is 6.55. The lowest BCUT2D eigenvalue weighted by atomic mass is 10.1. The van der Waals surface area contributed by atoms with Gasteiger partial charge < -0.3 is 4.52 Å². The Labute approximate surface area is 163 Å². The normalized spacial score (nSPS) is 12.1. The average molecular weight is 407 g/mol. The van der Waals surface area contributed by atoms with Crippen molar-refractivity contribution in [2.45, 2.75) is 39.1 Å². The van der Waals surface area contributed by atoms with Gasteiger partial charge in [-0.15, -0.1) is 0 Å². The van der Waals surface area contributed by atoms with Crippen LogP contribution >= 0.6 is 0 Å². The van der Waals surface area contributed by atoms with Crippen molar-refractivity contribution in [2.24, 2.45) is 0 Å². The van der Waals surface area contributed by atoms with Crippen LogP contribution < -0.4 is 0 Å². The van der Waals surface area contributed by atoms with Crippen LogP contribution in [0.15, 0.2) is 27.6 Å². The third-order valence-electron chi connectivity index (χ3n) is 4.61. The largest absolute Gasteiger partial charge is 0.337 e. The highest BCUT2D eigenvalue weighted by Crippen LogP contribution is 2.24. The first-order valence-electron chi connectivity index (χ1n) is 8.74. The maximum Gasteiger partial charge on any atom is 0.248 e. The number of sulfonamides is 1. The Kier molecular flexibility index (Phi) is 5.35. The molecular formula is C18H22FN5O3S. The molecule has 0 fully saturated rings. The molecule has 8 nitrogen and oxygen atoms in total. The minimum Gasteiger partial charge on any atom is -0.337 e. The second-order valence-corrected chi connectivity index (χ2v) is 8.53. The Morgan fingerprint density at radius 1 is 1.25 bits per heavy atom. The van der Waals surface area contributed by atoms with Gasteiger partial charge in [-0.05, 0) is 32.4 Å². The molecule has 0 aliphatic rings. The van der Waals surface area contributed by atoms with E-state index in [1.807, 2.05) is 0 Å². The number of aryl methyl sites for hydroxylation is 2. The van der Waals surface area contributed by atoms with E-state index in [2.05, 4.69) is 15.2 Å². The molecule has 0 N–H and O–H groups in total. The zero-order chi connectivity index (χ0) is 20.6. The Morgan fingerprint density at radius 2 is 1.96 bits per heavy atom. The van der Waals surface area contributed by atoms with Crippen LogP contribution in [-0.2, 0) is 16.6 Å². The highest BCUT2D eigenvalue weighted by molar-refractivity contribution is 7.89. The summed E-state index contributed by atoms with van der Waals surface area (Å²) in [4.78, 5) is 4.45. The molecule has 3 aromatic rings. The van der Waals surface area contributed by atoms with Gasteiger partial charge in [-0.1, -0.05) is 24.2 Å². The molecule has 0 unspecified atom stereocenters. The molecule has 1 aromatic carbocycles. The summed E-state index contributed by atoms with van der Waals surface area (Å²) in [6.45, 7) is 7.23. The zero-order valence-electron chi connectivity index (χ0n) is 16.4. The predicted molar refractivity (Wildman–Crippen MR) is 101 cm³/mol. The van der Waals surface area contributed by atoms with Gasteiger partial charge in [0.2, 0.25) is 21.7 Å². The topological polar surface area (TPSA) is 94.1 Å². The van der Waals surface area contributed by atoms with E-state index < -0.39 is 10.0 Å². The van der Waals surface area contributed by atoms with Crippen molar-refractivity contribution in [3.63, 3.8) is 0 Å². The monoisotopic (exact) mass is 407 g/mol. The summed E-state index contributed by atoms with van der Waals surface area (Å²) >= 11 is 0. The third-order valence-corrected chi connectivity index (χ3v) is 6.80. The maximum atomic E-state index is 13.8. The van der Waals surface area contributed by atoms with E-state index >= 15 is 0 Å². The van der Waals surface area contributed by atoms with Crippen LogP contribution in [0.4, 0.5) is 4.39 Å². The van der Waals surface area contributed by atoms with Crippen molar-refractivity contribution >= 4 is 10.0 Å². The van der Waals surface area contributed by atoms with Crippen LogP contribution in [0, 0.1) is 26.6 Å². The SMILES string of the molecule is CCN(C)S(=O)(=O)c1c(C)nn(Cc2nc(-c3ccc(C)c(F)c3)no2)c1C. The van der Waals surface area contributed by atoms with E-state index in [4.69, 9.17) is 4.52 Å². The van der Waals surface area contributed by atoms with Gasteiger partial charge in [-0.3, -0.25) is 4.68 Å². The van der Waals surface area contributed by atoms with Gasteiger partial charge in [0, 0.05) is 19.2 Å². The molecule has 0 saturated heterocycles. The van der Waals surface area contributed by atoms with E-state index in [9.17, 15) is 12.8 Å². The number of benzene rings is 1. The molecule has 150 valence electrons. The number of aromatic nitrogens is 4. The highest BCUT2D eigenvalue weighted by atomic mass is 32.2. The van der Waals surface area contributed by atoms with Gasteiger partial charge in [-0.2, -0.15) is 10.1 Å². The van der Waals surface area contributed by atoms with Gasteiger partial charge in [0.05, 0.1) is 11.4 Å². The molecule has 2 aromatic heterocycles. The summed E-state index contributed by atoms with van der Waals surface area (Å²) in [5.74, 6) is 0.153. The molecule has 0 bridgehead atoms. The molecule has 0 aliphatic carbocycles. The molecule has 0 atom stereocenters. The summed E-state index contributed by atoms with van der Waals surface area (Å²) < 4.78 is 47.2. The van der Waals surface area contributed by atoms with Crippen LogP contribution in [0.2, 0.25) is 0 Å². The fourth-order valence-electron chi connectivity index (χ4n) is 2.83. The first-order chi connectivity index (χ1) is 13.1. The lowest BCUT2D eigenvalue weighted by Gasteiger charge is -2.14. The van der Waals surface area contributed by atoms with Gasteiger partial charge in [0.25, 0.3) is 0 Å². The Bertz CT molecular complexity index is 1120. The Balaban J connectivity index is 1.91. The average Bonchev–Trinajstić information content (AvgIpc) is 3.21. The summed E-state index contributed by atoms with van der Waals surface area (Å²) in [6.07, 6.45) is 0. The van der Waals surface area contributed by atoms with Gasteiger partial charge in [0.15, 0.2) is 0 Å². The summed E-state index contributed by atoms with van der Waals surface area (Å²) in [5.41, 5.74) is 1.91. The Hall–Kier alpha value is -2.59. The highest BCUT2D eigenvalue weighted by Gasteiger charge is 2.28. The molecule has 0 radical (unpaired) electrons. The molecule has 28 heavy (non-hydrogen) atoms. The Morgan fingerprint density at radius 3 is 2.61 bits per heavy atom. The van der Waals surface area contributed by atoms with E-state index in [0.717, 1.165) is 0 Å². The molecule has 0 aliphatic heterocycles. The fourth-order valence-corrected chi connectivity index (χ4v) is 4.37. The first kappa shape index (κ1) is 20.2. The summed E-state index contributed by atoms with van der Waals surface area (Å²) in [5, 5.41) is 8.20. The number of rotatable bonds is 6. The molecule has 3 rings (SSSR count). The summed E-state index contributed by atoms with van der Waals surface area (Å²) in [6, 6.07) is 4.70. The standard InChI is InChI=1S/C18H22FN5O3S/c1-6-23(5)28(25,26)17-12(3)21-24(13(17)4)10-16-20-18(22-27-16)14-8-7-11(2)15(19)9-14/h7-9H,6,10H2,1-5H3. The van der Waals surface area contributed by atoms with Crippen LogP contribution in [-0.4, -0.2) is 46.2 Å². The van der Waals surface area contributed by atoms with E-state index in [1.165, 1.54) is 22.1 Å². The molecule has 0 saturated carbocycles. The number of halogens is 1. The molecule has 10 heteroatoms. The van der Waals surface area contributed by atoms with E-state index in [-0.39, 0.29) is 29.0 Å². The predicted octanol–water partition coefficient (Wildman–Crippen LogP) is 2.69. The maximum absolute atomic E-state index is 13.8. The van der Waals surface area contributed by atoms with Crippen molar-refractivity contribution in [2.75, 3.05) is 13.6 Å². The molecule has 0 amide bonds. The number of nitrogens with zero attached hydrogens (tertiary/aromatic N) is 5. The second kappa shape index (κ2) is 7.44. The first-order valence-corrected chi connectivity index (χ1v) is 10.2. The van der Waals surface area contributed by atoms with Gasteiger partial charge in [0.1, 0.15) is 17.3 Å². The van der Waals surface area contributed by atoms with Crippen LogP contribution in [0.5, 0.6) is 0 Å². The quantitative estimate of drug-likeness (QED) is 0.624. The minimum atomic E-state index is -3.63. The number of hydrogen-bond donors (Lipinski definition) is 0. The lowest BCUT2D eigenvalue weighted by molar-refractivity contribution is 0.364. The van der Waals surface area contributed by atoms with E-state index in [0.29, 0.717) is 29.1 Å². The molecular weight excluding hydrogens is 385 g/mol. The van der Waals surface area contributed by atoms with Crippen molar-refractivity contribution < 1.29 is 17.3 Å². The van der Waals surface area contributed by atoms with Crippen molar-refractivity contribution in [3.05, 3.63) is 46.9 Å². The van der Waals surface area contributed by atoms with Crippen LogP contribution in [0.3, 0.4) is 0 Å². The molecule has 2 heterocycles. The van der Waals surface area contributed by atoms with Crippen LogP contribution in [0.1, 0.15) is 29.8 Å². The van der Waals surface area contributed by atoms with Crippen molar-refractivity contribution in [1.29, 1.82) is 0 Å². The minimum absolute atomic E-state index is 0.110. The van der Waals surface area contributed by atoms with Gasteiger partial charge >= 0.3 is 0 Å². The number of hydrogen-bond acceptors (Lipinski definition) is 6. The van der Waals surface area contributed by atoms with Crippen LogP contribution in [0.25, 0.3) is 11.4 Å². The molecule has 0 spiro atoms. The third kappa shape index (κ3) is 3.57. The lowest BCUT2D eigenvalue weighted by Crippen LogP contribution is -2.27.